The predicted octanol–water partition coefficient (Wildman–Crippen LogP) is 23.2. The number of rotatable bonds is 15. The fourth-order valence-electron chi connectivity index (χ4n) is 8.91. The van der Waals surface area contributed by atoms with Crippen molar-refractivity contribution in [2.45, 2.75) is 95.4 Å². The van der Waals surface area contributed by atoms with Gasteiger partial charge >= 0.3 is 0 Å². The molecule has 0 bridgehead atoms. The molecule has 0 aromatic heterocycles. The number of allylic oxidation sites excluding steroid dienone is 14. The molecule has 8 aromatic rings. The van der Waals surface area contributed by atoms with Crippen molar-refractivity contribution in [3.8, 4) is 44.5 Å². The first-order valence-corrected chi connectivity index (χ1v) is 28.0. The van der Waals surface area contributed by atoms with Crippen molar-refractivity contribution in [2.24, 2.45) is 0 Å². The molecule has 0 aliphatic rings. The van der Waals surface area contributed by atoms with E-state index >= 15 is 0 Å². The van der Waals surface area contributed by atoms with Crippen LogP contribution in [0.15, 0.2) is 274 Å². The van der Waals surface area contributed by atoms with Gasteiger partial charge in [-0.3, -0.25) is 0 Å². The number of benzene rings is 8. The molecule has 0 heteroatoms. The van der Waals surface area contributed by atoms with Gasteiger partial charge in [0.1, 0.15) is 0 Å². The normalized spacial score (nSPS) is 11.2. The third kappa shape index (κ3) is 19.7. The first-order valence-electron chi connectivity index (χ1n) is 28.0. The van der Waals surface area contributed by atoms with Gasteiger partial charge in [-0.2, -0.15) is 0 Å². The lowest BCUT2D eigenvalue weighted by atomic mass is 9.88. The largest absolute Gasteiger partial charge is 0.0990 e. The Balaban J connectivity index is 0.000000301. The molecule has 0 nitrogen and oxygen atoms in total. The van der Waals surface area contributed by atoms with Crippen molar-refractivity contribution in [2.75, 3.05) is 0 Å². The molecule has 0 radical (unpaired) electrons. The number of aryl methyl sites for hydroxylation is 5. The van der Waals surface area contributed by atoms with Gasteiger partial charge in [-0.25, -0.2) is 0 Å². The van der Waals surface area contributed by atoms with Crippen molar-refractivity contribution in [3.05, 3.63) is 319 Å². The van der Waals surface area contributed by atoms with E-state index in [0.29, 0.717) is 0 Å². The molecule has 8 rings (SSSR count). The quantitative estimate of drug-likeness (QED) is 0.0898. The van der Waals surface area contributed by atoms with Crippen LogP contribution < -0.4 is 0 Å². The van der Waals surface area contributed by atoms with Gasteiger partial charge in [-0.15, -0.1) is 0 Å². The van der Waals surface area contributed by atoms with Crippen LogP contribution in [0.25, 0.3) is 61.2 Å². The molecule has 0 fully saturated rings. The molecule has 0 aliphatic heterocycles. The topological polar surface area (TPSA) is 0 Å². The van der Waals surface area contributed by atoms with Crippen LogP contribution in [0.2, 0.25) is 0 Å². The van der Waals surface area contributed by atoms with E-state index in [4.69, 9.17) is 0 Å². The second-order valence-electron chi connectivity index (χ2n) is 18.7. The van der Waals surface area contributed by atoms with Crippen LogP contribution in [0.1, 0.15) is 106 Å². The van der Waals surface area contributed by atoms with Gasteiger partial charge in [0.25, 0.3) is 0 Å². The minimum absolute atomic E-state index is 0.984. The molecule has 398 valence electrons. The first kappa shape index (κ1) is 62.2. The third-order valence-corrected chi connectivity index (χ3v) is 12.9. The van der Waals surface area contributed by atoms with Crippen molar-refractivity contribution in [1.29, 1.82) is 0 Å². The van der Waals surface area contributed by atoms with Crippen molar-refractivity contribution in [3.63, 3.8) is 0 Å². The Morgan fingerprint density at radius 3 is 1.44 bits per heavy atom. The summed E-state index contributed by atoms with van der Waals surface area (Å²) in [6, 6.07) is 69.4. The van der Waals surface area contributed by atoms with Crippen LogP contribution in [0.3, 0.4) is 0 Å². The van der Waals surface area contributed by atoms with Gasteiger partial charge in [0.05, 0.1) is 0 Å². The Kier molecular flexibility index (Phi) is 28.0. The van der Waals surface area contributed by atoms with Gasteiger partial charge in [0.15, 0.2) is 0 Å². The SMILES string of the molecule is C/C=C\C=C/C.C=C(/C=C(\C=C/C)c1ccc(CC)c(-c2ccc(-c3ccccc3)cc2C)c1)c1cc(-c2ccccc2)ccc1CCC.C=C/C=C(\C=C/C)c1ccc(C)cc1.CC.Cc1cccc(-c2ccccc2)c1. The average molecular weight is 1020 g/mol. The molecule has 0 spiro atoms. The highest BCUT2D eigenvalue weighted by Crippen LogP contribution is 2.35. The van der Waals surface area contributed by atoms with Gasteiger partial charge < -0.3 is 0 Å². The molecule has 0 atom stereocenters. The molecular formula is C78H86. The lowest BCUT2D eigenvalue weighted by Gasteiger charge is -2.16. The van der Waals surface area contributed by atoms with Crippen LogP contribution in [0.5, 0.6) is 0 Å². The molecule has 0 heterocycles. The lowest BCUT2D eigenvalue weighted by molar-refractivity contribution is 0.919. The van der Waals surface area contributed by atoms with Gasteiger partial charge in [-0.05, 0) is 174 Å². The predicted molar refractivity (Wildman–Crippen MR) is 351 cm³/mol. The molecule has 0 saturated heterocycles. The molecule has 0 unspecified atom stereocenters. The molecule has 0 saturated carbocycles. The zero-order chi connectivity index (χ0) is 56.5. The van der Waals surface area contributed by atoms with Crippen LogP contribution in [-0.4, -0.2) is 0 Å². The second-order valence-corrected chi connectivity index (χ2v) is 18.7. The van der Waals surface area contributed by atoms with E-state index in [1.165, 1.54) is 100 Å². The zero-order valence-electron chi connectivity index (χ0n) is 48.9. The first-order chi connectivity index (χ1) is 38.1. The molecular weight excluding hydrogens is 937 g/mol. The Morgan fingerprint density at radius 1 is 0.436 bits per heavy atom. The van der Waals surface area contributed by atoms with E-state index < -0.39 is 0 Å². The van der Waals surface area contributed by atoms with E-state index in [1.807, 2.05) is 83.2 Å². The fourth-order valence-corrected chi connectivity index (χ4v) is 8.91. The van der Waals surface area contributed by atoms with Crippen LogP contribution >= 0.6 is 0 Å². The van der Waals surface area contributed by atoms with E-state index in [9.17, 15) is 0 Å². The average Bonchev–Trinajstić information content (AvgIpc) is 3.52. The maximum absolute atomic E-state index is 4.61. The molecule has 78 heavy (non-hydrogen) atoms. The monoisotopic (exact) mass is 1020 g/mol. The summed E-state index contributed by atoms with van der Waals surface area (Å²) in [7, 11) is 0. The summed E-state index contributed by atoms with van der Waals surface area (Å²) in [5.41, 5.74) is 23.8. The molecule has 0 amide bonds. The number of hydrogen-bond donors (Lipinski definition) is 0. The fraction of sp³-hybridized carbons (Fsp3) is 0.179. The molecule has 0 N–H and O–H groups in total. The van der Waals surface area contributed by atoms with Crippen molar-refractivity contribution >= 4 is 16.7 Å². The highest BCUT2D eigenvalue weighted by Gasteiger charge is 2.13. The Bertz CT molecular complexity index is 3230. The van der Waals surface area contributed by atoms with E-state index in [-0.39, 0.29) is 0 Å². The zero-order valence-corrected chi connectivity index (χ0v) is 48.9. The smallest absolute Gasteiger partial charge is 0.0143 e. The maximum Gasteiger partial charge on any atom is -0.0143 e. The Labute approximate surface area is 472 Å². The highest BCUT2D eigenvalue weighted by molar-refractivity contribution is 5.90. The van der Waals surface area contributed by atoms with Crippen molar-refractivity contribution in [1.82, 2.24) is 0 Å². The molecule has 8 aromatic carbocycles. The minimum Gasteiger partial charge on any atom is -0.0990 e. The summed E-state index contributed by atoms with van der Waals surface area (Å²) < 4.78 is 0. The van der Waals surface area contributed by atoms with Gasteiger partial charge in [0.2, 0.25) is 0 Å². The summed E-state index contributed by atoms with van der Waals surface area (Å²) >= 11 is 0. The summed E-state index contributed by atoms with van der Waals surface area (Å²) in [4.78, 5) is 0. The molecule has 0 aliphatic carbocycles. The van der Waals surface area contributed by atoms with E-state index in [1.54, 1.807) is 0 Å². The standard InChI is InChI=1S/C43H42.C14H16.C13H12.C6H10.C2H6/c1-6-15-36-22-24-39(35-19-13-10-14-20-35)29-42(36)32(5)28-37(16-7-2)40-23-21-33(8-3)43(30-40)41-26-25-38(27-31(41)4)34-17-11-9-12-18-34;1-4-6-13(7-5-2)14-10-8-12(3)9-11-14;1-11-6-5-9-13(10-11)12-7-3-2-4-8-12;1-3-5-6-4-2;1-2/h7,9-14,16-30H,5-6,8,15H2,1-4H3;4-11H,1H2,2-3H3;2-10H,1H3;3-6H,1-2H3;1-2H3/b16-7-,37-28+;7-5-,13-6+;;5-3-,6-4-;. The number of hydrogen-bond acceptors (Lipinski definition) is 0. The van der Waals surface area contributed by atoms with Crippen LogP contribution in [0.4, 0.5) is 0 Å². The van der Waals surface area contributed by atoms with Crippen molar-refractivity contribution < 1.29 is 0 Å². The van der Waals surface area contributed by atoms with E-state index in [0.717, 1.165) is 24.8 Å². The third-order valence-electron chi connectivity index (χ3n) is 12.9. The second kappa shape index (κ2) is 35.1. The summed E-state index contributed by atoms with van der Waals surface area (Å²) in [5, 5.41) is 0. The van der Waals surface area contributed by atoms with Gasteiger partial charge in [-0.1, -0.05) is 301 Å². The highest BCUT2D eigenvalue weighted by atomic mass is 14.2. The van der Waals surface area contributed by atoms with Crippen LogP contribution in [0, 0.1) is 20.8 Å². The van der Waals surface area contributed by atoms with Gasteiger partial charge in [0, 0.05) is 0 Å². The Morgan fingerprint density at radius 2 is 0.936 bits per heavy atom. The summed E-state index contributed by atoms with van der Waals surface area (Å²) in [6.07, 6.45) is 25.7. The minimum atomic E-state index is 0.984. The van der Waals surface area contributed by atoms with E-state index in [2.05, 4.69) is 267 Å². The van der Waals surface area contributed by atoms with Crippen LogP contribution in [-0.2, 0) is 12.8 Å². The summed E-state index contributed by atoms with van der Waals surface area (Å²) in [5.74, 6) is 0. The summed E-state index contributed by atoms with van der Waals surface area (Å²) in [6.45, 7) is 31.3. The Hall–Kier alpha value is -8.32. The maximum atomic E-state index is 4.61. The lowest BCUT2D eigenvalue weighted by Crippen LogP contribution is -1.95.